The Bertz CT molecular complexity index is 2410. The Morgan fingerprint density at radius 3 is 1.57 bits per heavy atom. The van der Waals surface area contributed by atoms with E-state index in [1.807, 2.05) is 0 Å². The van der Waals surface area contributed by atoms with Gasteiger partial charge in [-0.05, 0) is 98.6 Å². The zero-order valence-electron chi connectivity index (χ0n) is 27.4. The van der Waals surface area contributed by atoms with Crippen LogP contribution in [-0.2, 0) is 5.41 Å². The summed E-state index contributed by atoms with van der Waals surface area (Å²) in [6.07, 6.45) is 0. The highest BCUT2D eigenvalue weighted by molar-refractivity contribution is 5.99. The molecule has 0 N–H and O–H groups in total. The van der Waals surface area contributed by atoms with E-state index >= 15 is 0 Å². The molecule has 8 aromatic carbocycles. The Labute approximate surface area is 288 Å². The number of fused-ring (bicyclic) bond motifs is 4. The maximum absolute atomic E-state index is 2.46. The summed E-state index contributed by atoms with van der Waals surface area (Å²) in [5.41, 5.74) is 14.3. The van der Waals surface area contributed by atoms with Crippen LogP contribution in [0.2, 0.25) is 0 Å². The molecule has 0 heterocycles. The fourth-order valence-corrected chi connectivity index (χ4v) is 8.08. The van der Waals surface area contributed by atoms with Gasteiger partial charge in [-0.15, -0.1) is 0 Å². The van der Waals surface area contributed by atoms with Crippen molar-refractivity contribution in [3.63, 3.8) is 0 Å². The highest BCUT2D eigenvalue weighted by Gasteiger charge is 2.46. The molecule has 0 atom stereocenters. The largest absolute Gasteiger partial charge is 0.310 e. The molecule has 0 aromatic heterocycles. The molecule has 0 spiro atoms. The summed E-state index contributed by atoms with van der Waals surface area (Å²) >= 11 is 0. The summed E-state index contributed by atoms with van der Waals surface area (Å²) in [4.78, 5) is 2.46. The first-order valence-corrected chi connectivity index (χ1v) is 17.0. The topological polar surface area (TPSA) is 3.24 Å². The maximum atomic E-state index is 2.46. The van der Waals surface area contributed by atoms with Crippen LogP contribution in [0.25, 0.3) is 33.0 Å². The lowest BCUT2D eigenvalue weighted by molar-refractivity contribution is 0.768. The molecule has 1 aliphatic carbocycles. The van der Waals surface area contributed by atoms with Crippen LogP contribution < -0.4 is 4.90 Å². The smallest absolute Gasteiger partial charge is 0.0714 e. The number of nitrogens with zero attached hydrogens (tertiary/aromatic N) is 1. The van der Waals surface area contributed by atoms with E-state index in [2.05, 4.69) is 206 Å². The van der Waals surface area contributed by atoms with E-state index < -0.39 is 5.41 Å². The highest BCUT2D eigenvalue weighted by Crippen LogP contribution is 2.57. The molecule has 1 nitrogen and oxygen atoms in total. The van der Waals surface area contributed by atoms with Gasteiger partial charge in [0.2, 0.25) is 0 Å². The summed E-state index contributed by atoms with van der Waals surface area (Å²) in [5.74, 6) is 0. The van der Waals surface area contributed by atoms with Crippen molar-refractivity contribution in [1.29, 1.82) is 0 Å². The molecule has 232 valence electrons. The molecule has 0 unspecified atom stereocenters. The minimum absolute atomic E-state index is 0.477. The van der Waals surface area contributed by atoms with Crippen LogP contribution in [0.5, 0.6) is 0 Å². The molecular weight excluding hydrogens is 591 g/mol. The quantitative estimate of drug-likeness (QED) is 0.178. The van der Waals surface area contributed by atoms with Crippen molar-refractivity contribution in [2.45, 2.75) is 12.3 Å². The molecule has 0 saturated carbocycles. The summed E-state index contributed by atoms with van der Waals surface area (Å²) in [6.45, 7) is 2.21. The standard InChI is InChI=1S/C48H35N/c1-34-17-11-14-26-41(34)44-31-35-18-12-13-19-36(35)32-47(44)49(39-24-9-4-10-25-39)40-29-30-43-42-27-15-16-28-45(42)48(46(43)33-40,37-20-5-2-6-21-37)38-22-7-3-8-23-38/h2-33H,1H3. The third kappa shape index (κ3) is 4.62. The van der Waals surface area contributed by atoms with Crippen molar-refractivity contribution in [1.82, 2.24) is 0 Å². The molecule has 0 amide bonds. The first kappa shape index (κ1) is 29.0. The van der Waals surface area contributed by atoms with Crippen LogP contribution in [0.3, 0.4) is 0 Å². The number of aryl methyl sites for hydroxylation is 1. The highest BCUT2D eigenvalue weighted by atomic mass is 15.1. The Morgan fingerprint density at radius 1 is 0.367 bits per heavy atom. The number of para-hydroxylation sites is 1. The van der Waals surface area contributed by atoms with Gasteiger partial charge < -0.3 is 4.90 Å². The predicted octanol–water partition coefficient (Wildman–Crippen LogP) is 12.6. The second-order valence-electron chi connectivity index (χ2n) is 13.0. The van der Waals surface area contributed by atoms with Crippen LogP contribution in [0.15, 0.2) is 194 Å². The zero-order valence-corrected chi connectivity index (χ0v) is 27.4. The lowest BCUT2D eigenvalue weighted by Crippen LogP contribution is -2.28. The first-order chi connectivity index (χ1) is 24.2. The van der Waals surface area contributed by atoms with Gasteiger partial charge in [-0.2, -0.15) is 0 Å². The third-order valence-electron chi connectivity index (χ3n) is 10.3. The van der Waals surface area contributed by atoms with E-state index in [4.69, 9.17) is 0 Å². The van der Waals surface area contributed by atoms with E-state index in [0.29, 0.717) is 0 Å². The van der Waals surface area contributed by atoms with E-state index in [0.717, 1.165) is 17.1 Å². The van der Waals surface area contributed by atoms with Gasteiger partial charge in [-0.3, -0.25) is 0 Å². The van der Waals surface area contributed by atoms with Gasteiger partial charge in [-0.25, -0.2) is 0 Å². The number of benzene rings is 8. The molecule has 1 heteroatoms. The van der Waals surface area contributed by atoms with Gasteiger partial charge in [0.15, 0.2) is 0 Å². The van der Waals surface area contributed by atoms with Gasteiger partial charge in [0.25, 0.3) is 0 Å². The molecule has 49 heavy (non-hydrogen) atoms. The van der Waals surface area contributed by atoms with E-state index in [9.17, 15) is 0 Å². The average molecular weight is 626 g/mol. The zero-order chi connectivity index (χ0) is 32.8. The number of hydrogen-bond acceptors (Lipinski definition) is 1. The molecule has 1 aliphatic rings. The van der Waals surface area contributed by atoms with E-state index in [1.54, 1.807) is 0 Å². The SMILES string of the molecule is Cc1ccccc1-c1cc2ccccc2cc1N(c1ccccc1)c1ccc2c(c1)C(c1ccccc1)(c1ccccc1)c1ccccc1-2. The molecule has 9 rings (SSSR count). The van der Waals surface area contributed by atoms with Gasteiger partial charge in [0.1, 0.15) is 0 Å². The van der Waals surface area contributed by atoms with Gasteiger partial charge in [0, 0.05) is 16.9 Å². The Balaban J connectivity index is 1.37. The molecule has 8 aromatic rings. The van der Waals surface area contributed by atoms with Crippen molar-refractivity contribution >= 4 is 27.8 Å². The minimum atomic E-state index is -0.477. The Kier molecular flexibility index (Phi) is 6.99. The van der Waals surface area contributed by atoms with Crippen LogP contribution in [0.1, 0.15) is 27.8 Å². The van der Waals surface area contributed by atoms with Gasteiger partial charge in [0.05, 0.1) is 11.1 Å². The second-order valence-corrected chi connectivity index (χ2v) is 13.0. The number of anilines is 3. The molecule has 0 bridgehead atoms. The molecule has 0 radical (unpaired) electrons. The molecule has 0 fully saturated rings. The fourth-order valence-electron chi connectivity index (χ4n) is 8.08. The van der Waals surface area contributed by atoms with Crippen molar-refractivity contribution in [3.05, 3.63) is 222 Å². The summed E-state index contributed by atoms with van der Waals surface area (Å²) in [7, 11) is 0. The van der Waals surface area contributed by atoms with E-state index in [-0.39, 0.29) is 0 Å². The van der Waals surface area contributed by atoms with Crippen molar-refractivity contribution in [2.24, 2.45) is 0 Å². The Morgan fingerprint density at radius 2 is 0.898 bits per heavy atom. The normalized spacial score (nSPS) is 12.8. The minimum Gasteiger partial charge on any atom is -0.310 e. The van der Waals surface area contributed by atoms with Crippen LogP contribution in [0, 0.1) is 6.92 Å². The number of rotatable bonds is 6. The van der Waals surface area contributed by atoms with Crippen molar-refractivity contribution < 1.29 is 0 Å². The average Bonchev–Trinajstić information content (AvgIpc) is 3.46. The molecular formula is C48H35N. The predicted molar refractivity (Wildman–Crippen MR) is 206 cm³/mol. The van der Waals surface area contributed by atoms with Gasteiger partial charge in [-0.1, -0.05) is 158 Å². The molecule has 0 aliphatic heterocycles. The summed E-state index contributed by atoms with van der Waals surface area (Å²) in [6, 6.07) is 71.1. The van der Waals surface area contributed by atoms with Gasteiger partial charge >= 0.3 is 0 Å². The monoisotopic (exact) mass is 625 g/mol. The third-order valence-corrected chi connectivity index (χ3v) is 10.3. The van der Waals surface area contributed by atoms with E-state index in [1.165, 1.54) is 60.8 Å². The Hall–Kier alpha value is -6.18. The number of hydrogen-bond donors (Lipinski definition) is 0. The fraction of sp³-hybridized carbons (Fsp3) is 0.0417. The first-order valence-electron chi connectivity index (χ1n) is 17.0. The summed E-state index contributed by atoms with van der Waals surface area (Å²) in [5, 5.41) is 2.45. The van der Waals surface area contributed by atoms with Crippen LogP contribution in [-0.4, -0.2) is 0 Å². The van der Waals surface area contributed by atoms with Crippen molar-refractivity contribution in [2.75, 3.05) is 4.90 Å². The lowest BCUT2D eigenvalue weighted by Gasteiger charge is -2.35. The molecule has 0 saturated heterocycles. The summed E-state index contributed by atoms with van der Waals surface area (Å²) < 4.78 is 0. The second kappa shape index (κ2) is 11.8. The lowest BCUT2D eigenvalue weighted by atomic mass is 9.67. The maximum Gasteiger partial charge on any atom is 0.0714 e. The van der Waals surface area contributed by atoms with Crippen LogP contribution >= 0.6 is 0 Å². The van der Waals surface area contributed by atoms with Crippen LogP contribution in [0.4, 0.5) is 17.1 Å². The van der Waals surface area contributed by atoms with Crippen molar-refractivity contribution in [3.8, 4) is 22.3 Å².